The predicted molar refractivity (Wildman–Crippen MR) is 106 cm³/mol. The Morgan fingerprint density at radius 1 is 1.14 bits per heavy atom. The molecule has 0 bridgehead atoms. The molecule has 5 nitrogen and oxygen atoms in total. The van der Waals surface area contributed by atoms with E-state index in [1.165, 1.54) is 12.1 Å². The second-order valence-electron chi connectivity index (χ2n) is 6.13. The molecule has 0 radical (unpaired) electrons. The first-order valence-corrected chi connectivity index (χ1v) is 8.86. The van der Waals surface area contributed by atoms with Crippen LogP contribution in [0.4, 0.5) is 10.1 Å². The molecule has 0 aliphatic heterocycles. The van der Waals surface area contributed by atoms with Gasteiger partial charge in [0.2, 0.25) is 5.91 Å². The molecule has 3 aromatic rings. The van der Waals surface area contributed by atoms with E-state index in [9.17, 15) is 9.18 Å². The van der Waals surface area contributed by atoms with Crippen LogP contribution in [0.2, 0.25) is 0 Å². The fraction of sp³-hybridized carbons (Fsp3) is 0.182. The molecule has 2 aromatic carbocycles. The molecule has 0 aliphatic carbocycles. The lowest BCUT2D eigenvalue weighted by atomic mass is 10.1. The highest BCUT2D eigenvalue weighted by Gasteiger charge is 2.09. The van der Waals surface area contributed by atoms with Crippen LogP contribution >= 0.6 is 0 Å². The number of carbonyl (C=O) groups is 1. The van der Waals surface area contributed by atoms with Gasteiger partial charge < -0.3 is 14.8 Å². The molecule has 0 aliphatic rings. The van der Waals surface area contributed by atoms with E-state index in [0.717, 1.165) is 11.3 Å². The summed E-state index contributed by atoms with van der Waals surface area (Å²) in [6, 6.07) is 15.5. The van der Waals surface area contributed by atoms with E-state index in [2.05, 4.69) is 10.3 Å². The molecule has 1 aromatic heterocycles. The van der Waals surface area contributed by atoms with Gasteiger partial charge in [-0.05, 0) is 41.5 Å². The molecule has 0 saturated heterocycles. The molecule has 3 rings (SSSR count). The molecule has 1 N–H and O–H groups in total. The second kappa shape index (κ2) is 9.62. The fourth-order valence-corrected chi connectivity index (χ4v) is 2.69. The maximum Gasteiger partial charge on any atom is 0.226 e. The number of benzene rings is 2. The molecular weight excluding hydrogens is 359 g/mol. The molecule has 28 heavy (non-hydrogen) atoms. The van der Waals surface area contributed by atoms with Crippen molar-refractivity contribution in [3.05, 3.63) is 78.4 Å². The lowest BCUT2D eigenvalue weighted by Gasteiger charge is -2.11. The van der Waals surface area contributed by atoms with Crippen molar-refractivity contribution in [2.75, 3.05) is 19.0 Å². The van der Waals surface area contributed by atoms with Gasteiger partial charge in [-0.2, -0.15) is 0 Å². The highest BCUT2D eigenvalue weighted by atomic mass is 19.1. The number of methoxy groups -OCH3 is 1. The molecule has 1 amide bonds. The van der Waals surface area contributed by atoms with Crippen LogP contribution in [-0.2, 0) is 16.1 Å². The van der Waals surface area contributed by atoms with Crippen LogP contribution in [0.25, 0.3) is 11.1 Å². The minimum absolute atomic E-state index is 0.194. The van der Waals surface area contributed by atoms with Gasteiger partial charge in [-0.25, -0.2) is 4.39 Å². The summed E-state index contributed by atoms with van der Waals surface area (Å²) in [4.78, 5) is 16.3. The van der Waals surface area contributed by atoms with E-state index < -0.39 is 0 Å². The largest absolute Gasteiger partial charge is 0.497 e. The summed E-state index contributed by atoms with van der Waals surface area (Å²) in [5.41, 5.74) is 2.92. The average Bonchev–Trinajstić information content (AvgIpc) is 2.72. The van der Waals surface area contributed by atoms with Gasteiger partial charge >= 0.3 is 0 Å². The lowest BCUT2D eigenvalue weighted by molar-refractivity contribution is -0.117. The minimum Gasteiger partial charge on any atom is -0.497 e. The number of hydrogen-bond acceptors (Lipinski definition) is 4. The van der Waals surface area contributed by atoms with Crippen LogP contribution < -0.4 is 10.1 Å². The summed E-state index contributed by atoms with van der Waals surface area (Å²) in [6.45, 7) is 0.701. The molecule has 0 atom stereocenters. The highest BCUT2D eigenvalue weighted by molar-refractivity contribution is 5.95. The smallest absolute Gasteiger partial charge is 0.226 e. The zero-order valence-corrected chi connectivity index (χ0v) is 15.5. The van der Waals surface area contributed by atoms with Crippen LogP contribution in [0.15, 0.2) is 67.0 Å². The summed E-state index contributed by atoms with van der Waals surface area (Å²) in [5, 5.41) is 2.82. The van der Waals surface area contributed by atoms with E-state index in [4.69, 9.17) is 9.47 Å². The minimum atomic E-state index is -0.335. The van der Waals surface area contributed by atoms with Crippen molar-refractivity contribution in [2.24, 2.45) is 0 Å². The Bertz CT molecular complexity index is 929. The Morgan fingerprint density at radius 3 is 2.71 bits per heavy atom. The third-order valence-electron chi connectivity index (χ3n) is 4.13. The Hall–Kier alpha value is -3.25. The zero-order valence-electron chi connectivity index (χ0n) is 15.5. The first-order chi connectivity index (χ1) is 13.7. The zero-order chi connectivity index (χ0) is 19.8. The molecule has 0 saturated carbocycles. The second-order valence-corrected chi connectivity index (χ2v) is 6.13. The third kappa shape index (κ3) is 5.37. The van der Waals surface area contributed by atoms with Gasteiger partial charge in [0.1, 0.15) is 11.6 Å². The van der Waals surface area contributed by atoms with Crippen LogP contribution in [0.1, 0.15) is 12.0 Å². The molecule has 0 spiro atoms. The van der Waals surface area contributed by atoms with Crippen molar-refractivity contribution in [3.8, 4) is 16.9 Å². The van der Waals surface area contributed by atoms with E-state index in [1.807, 2.05) is 24.3 Å². The number of nitrogens with zero attached hydrogens (tertiary/aromatic N) is 1. The number of aromatic nitrogens is 1. The SMILES string of the molecule is COc1ccc(COCCC(=O)Nc2cnccc2-c2cccc(F)c2)cc1. The predicted octanol–water partition coefficient (Wildman–Crippen LogP) is 4.44. The van der Waals surface area contributed by atoms with Crippen LogP contribution in [-0.4, -0.2) is 24.6 Å². The van der Waals surface area contributed by atoms with E-state index in [-0.39, 0.29) is 24.8 Å². The van der Waals surface area contributed by atoms with Gasteiger partial charge in [0.15, 0.2) is 0 Å². The van der Waals surface area contributed by atoms with Crippen molar-refractivity contribution in [2.45, 2.75) is 13.0 Å². The maximum absolute atomic E-state index is 13.5. The van der Waals surface area contributed by atoms with Gasteiger partial charge in [0.25, 0.3) is 0 Å². The Labute approximate surface area is 163 Å². The van der Waals surface area contributed by atoms with Gasteiger partial charge in [0, 0.05) is 11.8 Å². The summed E-state index contributed by atoms with van der Waals surface area (Å²) >= 11 is 0. The molecule has 144 valence electrons. The van der Waals surface area contributed by atoms with Crippen LogP contribution in [0.3, 0.4) is 0 Å². The number of rotatable bonds is 8. The van der Waals surface area contributed by atoms with Gasteiger partial charge in [0.05, 0.1) is 38.6 Å². The topological polar surface area (TPSA) is 60.5 Å². The van der Waals surface area contributed by atoms with E-state index >= 15 is 0 Å². The monoisotopic (exact) mass is 380 g/mol. The van der Waals surface area contributed by atoms with Crippen LogP contribution in [0.5, 0.6) is 5.75 Å². The summed E-state index contributed by atoms with van der Waals surface area (Å²) < 4.78 is 24.2. The van der Waals surface area contributed by atoms with Gasteiger partial charge in [-0.1, -0.05) is 24.3 Å². The molecule has 6 heteroatoms. The maximum atomic E-state index is 13.5. The summed E-state index contributed by atoms with van der Waals surface area (Å²) in [5.74, 6) is 0.257. The Kier molecular flexibility index (Phi) is 6.70. The van der Waals surface area contributed by atoms with Gasteiger partial charge in [-0.3, -0.25) is 9.78 Å². The Balaban J connectivity index is 1.52. The highest BCUT2D eigenvalue weighted by Crippen LogP contribution is 2.27. The number of pyridine rings is 1. The van der Waals surface area contributed by atoms with Crippen molar-refractivity contribution in [1.29, 1.82) is 0 Å². The number of carbonyl (C=O) groups excluding carboxylic acids is 1. The number of amides is 1. The van der Waals surface area contributed by atoms with E-state index in [1.54, 1.807) is 37.7 Å². The quantitative estimate of drug-likeness (QED) is 0.587. The average molecular weight is 380 g/mol. The van der Waals surface area contributed by atoms with Crippen molar-refractivity contribution >= 4 is 11.6 Å². The number of halogens is 1. The van der Waals surface area contributed by atoms with Gasteiger partial charge in [-0.15, -0.1) is 0 Å². The standard InChI is InChI=1S/C22H21FN2O3/c1-27-19-7-5-16(6-8-19)15-28-12-10-22(26)25-21-14-24-11-9-20(21)17-3-2-4-18(23)13-17/h2-9,11,13-14H,10,12,15H2,1H3,(H,25,26). The first-order valence-electron chi connectivity index (χ1n) is 8.86. The normalized spacial score (nSPS) is 10.5. The first kappa shape index (κ1) is 19.5. The Morgan fingerprint density at radius 2 is 1.96 bits per heavy atom. The molecule has 0 unspecified atom stereocenters. The summed E-state index contributed by atoms with van der Waals surface area (Å²) in [7, 11) is 1.62. The lowest BCUT2D eigenvalue weighted by Crippen LogP contribution is -2.15. The van der Waals surface area contributed by atoms with E-state index in [0.29, 0.717) is 23.4 Å². The number of ether oxygens (including phenoxy) is 2. The van der Waals surface area contributed by atoms with Crippen molar-refractivity contribution in [1.82, 2.24) is 4.98 Å². The van der Waals surface area contributed by atoms with Crippen molar-refractivity contribution in [3.63, 3.8) is 0 Å². The van der Waals surface area contributed by atoms with Crippen LogP contribution in [0, 0.1) is 5.82 Å². The molecular formula is C22H21FN2O3. The fourth-order valence-electron chi connectivity index (χ4n) is 2.69. The molecule has 0 fully saturated rings. The number of hydrogen-bond donors (Lipinski definition) is 1. The van der Waals surface area contributed by atoms with Crippen molar-refractivity contribution < 1.29 is 18.7 Å². The molecule has 1 heterocycles. The summed E-state index contributed by atoms with van der Waals surface area (Å²) in [6.07, 6.45) is 3.36. The number of nitrogens with one attached hydrogen (secondary N) is 1. The number of anilines is 1. The third-order valence-corrected chi connectivity index (χ3v) is 4.13.